The van der Waals surface area contributed by atoms with Crippen molar-refractivity contribution >= 4 is 5.91 Å². The van der Waals surface area contributed by atoms with Gasteiger partial charge in [0.2, 0.25) is 5.91 Å². The quantitative estimate of drug-likeness (QED) is 0.880. The van der Waals surface area contributed by atoms with E-state index in [0.717, 1.165) is 37.8 Å². The molecule has 2 fully saturated rings. The van der Waals surface area contributed by atoms with E-state index in [4.69, 9.17) is 0 Å². The number of hydrogen-bond acceptors (Lipinski definition) is 2. The van der Waals surface area contributed by atoms with Gasteiger partial charge in [-0.1, -0.05) is 30.3 Å². The van der Waals surface area contributed by atoms with Crippen LogP contribution in [0.25, 0.3) is 0 Å². The van der Waals surface area contributed by atoms with Gasteiger partial charge in [0.25, 0.3) is 0 Å². The zero-order chi connectivity index (χ0) is 12.6. The molecule has 0 aromatic heterocycles. The number of likely N-dealkylation sites (tertiary alicyclic amines) is 1. The molecular weight excluding hydrogens is 226 g/mol. The van der Waals surface area contributed by atoms with Gasteiger partial charge >= 0.3 is 0 Å². The topological polar surface area (TPSA) is 40.5 Å². The molecule has 1 aliphatic heterocycles. The van der Waals surface area contributed by atoms with Gasteiger partial charge in [-0.15, -0.1) is 0 Å². The van der Waals surface area contributed by atoms with E-state index in [1.54, 1.807) is 0 Å². The van der Waals surface area contributed by atoms with Crippen molar-refractivity contribution in [3.63, 3.8) is 0 Å². The zero-order valence-electron chi connectivity index (χ0n) is 10.5. The van der Waals surface area contributed by atoms with Gasteiger partial charge in [0.05, 0.1) is 18.1 Å². The number of benzene rings is 1. The number of hydrogen-bond donors (Lipinski definition) is 1. The zero-order valence-corrected chi connectivity index (χ0v) is 10.5. The highest BCUT2D eigenvalue weighted by atomic mass is 16.3. The maximum Gasteiger partial charge on any atom is 0.233 e. The van der Waals surface area contributed by atoms with Gasteiger partial charge in [-0.2, -0.15) is 0 Å². The van der Waals surface area contributed by atoms with Crippen LogP contribution in [0.15, 0.2) is 30.3 Å². The third-order valence-corrected chi connectivity index (χ3v) is 4.33. The lowest BCUT2D eigenvalue weighted by Crippen LogP contribution is -2.43. The van der Waals surface area contributed by atoms with Crippen LogP contribution in [0, 0.1) is 0 Å². The van der Waals surface area contributed by atoms with E-state index in [-0.39, 0.29) is 24.0 Å². The summed E-state index contributed by atoms with van der Waals surface area (Å²) in [5.74, 6) is 0.227. The van der Waals surface area contributed by atoms with Crippen molar-refractivity contribution in [1.29, 1.82) is 0 Å². The van der Waals surface area contributed by atoms with Gasteiger partial charge in [0.15, 0.2) is 0 Å². The minimum atomic E-state index is -0.279. The largest absolute Gasteiger partial charge is 0.394 e. The van der Waals surface area contributed by atoms with Crippen molar-refractivity contribution in [3.8, 4) is 0 Å². The SMILES string of the molecule is O=C(N1CCC[C@@H]1CO)C1(c2ccccc2)CC1. The Kier molecular flexibility index (Phi) is 2.86. The molecule has 0 unspecified atom stereocenters. The average molecular weight is 245 g/mol. The van der Waals surface area contributed by atoms with E-state index in [2.05, 4.69) is 12.1 Å². The number of nitrogens with zero attached hydrogens (tertiary/aromatic N) is 1. The van der Waals surface area contributed by atoms with Crippen LogP contribution in [0.4, 0.5) is 0 Å². The van der Waals surface area contributed by atoms with Crippen molar-refractivity contribution in [2.75, 3.05) is 13.2 Å². The molecule has 0 radical (unpaired) electrons. The molecule has 1 N–H and O–H groups in total. The van der Waals surface area contributed by atoms with E-state index in [1.165, 1.54) is 0 Å². The molecule has 0 bridgehead atoms. The fourth-order valence-corrected chi connectivity index (χ4v) is 3.08. The van der Waals surface area contributed by atoms with Crippen LogP contribution in [-0.4, -0.2) is 35.1 Å². The summed E-state index contributed by atoms with van der Waals surface area (Å²) in [4.78, 5) is 14.6. The predicted octanol–water partition coefficient (Wildman–Crippen LogP) is 1.70. The molecule has 1 heterocycles. The lowest BCUT2D eigenvalue weighted by atomic mass is 9.94. The number of rotatable bonds is 3. The first-order chi connectivity index (χ1) is 8.78. The first kappa shape index (κ1) is 11.7. The van der Waals surface area contributed by atoms with Gasteiger partial charge < -0.3 is 10.0 Å². The summed E-state index contributed by atoms with van der Waals surface area (Å²) < 4.78 is 0. The third-order valence-electron chi connectivity index (χ3n) is 4.33. The molecular formula is C15H19NO2. The molecule has 1 aliphatic carbocycles. The van der Waals surface area contributed by atoms with Crippen molar-refractivity contribution in [2.45, 2.75) is 37.1 Å². The maximum absolute atomic E-state index is 12.7. The number of amides is 1. The molecule has 96 valence electrons. The lowest BCUT2D eigenvalue weighted by Gasteiger charge is -2.28. The number of aliphatic hydroxyl groups excluding tert-OH is 1. The maximum atomic E-state index is 12.7. The average Bonchev–Trinajstić information content (AvgIpc) is 3.10. The van der Waals surface area contributed by atoms with E-state index >= 15 is 0 Å². The second kappa shape index (κ2) is 4.39. The van der Waals surface area contributed by atoms with Crippen LogP contribution in [0.1, 0.15) is 31.2 Å². The minimum Gasteiger partial charge on any atom is -0.394 e. The molecule has 3 nitrogen and oxygen atoms in total. The van der Waals surface area contributed by atoms with Crippen LogP contribution < -0.4 is 0 Å². The van der Waals surface area contributed by atoms with Crippen LogP contribution in [0.3, 0.4) is 0 Å². The molecule has 3 heteroatoms. The molecule has 2 aliphatic rings. The first-order valence-electron chi connectivity index (χ1n) is 6.75. The smallest absolute Gasteiger partial charge is 0.233 e. The molecule has 3 rings (SSSR count). The Bertz CT molecular complexity index is 439. The van der Waals surface area contributed by atoms with E-state index in [9.17, 15) is 9.90 Å². The summed E-state index contributed by atoms with van der Waals surface area (Å²) >= 11 is 0. The molecule has 1 saturated carbocycles. The van der Waals surface area contributed by atoms with Gasteiger partial charge in [-0.05, 0) is 31.2 Å². The minimum absolute atomic E-state index is 0.0405. The summed E-state index contributed by atoms with van der Waals surface area (Å²) in [5, 5.41) is 9.35. The van der Waals surface area contributed by atoms with E-state index < -0.39 is 0 Å². The van der Waals surface area contributed by atoms with Crippen molar-refractivity contribution in [1.82, 2.24) is 4.90 Å². The summed E-state index contributed by atoms with van der Waals surface area (Å²) in [5.41, 5.74) is 0.859. The van der Waals surface area contributed by atoms with Crippen molar-refractivity contribution in [2.24, 2.45) is 0 Å². The number of aliphatic hydroxyl groups is 1. The monoisotopic (exact) mass is 245 g/mol. The molecule has 1 atom stereocenters. The molecule has 18 heavy (non-hydrogen) atoms. The van der Waals surface area contributed by atoms with Crippen LogP contribution >= 0.6 is 0 Å². The van der Waals surface area contributed by atoms with Gasteiger partial charge in [-0.25, -0.2) is 0 Å². The molecule has 1 saturated heterocycles. The predicted molar refractivity (Wildman–Crippen MR) is 69.2 cm³/mol. The van der Waals surface area contributed by atoms with Crippen LogP contribution in [-0.2, 0) is 10.2 Å². The van der Waals surface area contributed by atoms with E-state index in [0.29, 0.717) is 0 Å². The Balaban J connectivity index is 1.84. The molecule has 1 aromatic rings. The Labute approximate surface area is 107 Å². The lowest BCUT2D eigenvalue weighted by molar-refractivity contribution is -0.135. The fraction of sp³-hybridized carbons (Fsp3) is 0.533. The van der Waals surface area contributed by atoms with Gasteiger partial charge in [0.1, 0.15) is 0 Å². The Hall–Kier alpha value is -1.35. The summed E-state index contributed by atoms with van der Waals surface area (Å²) in [6.45, 7) is 0.898. The van der Waals surface area contributed by atoms with E-state index in [1.807, 2.05) is 23.1 Å². The Morgan fingerprint density at radius 1 is 1.33 bits per heavy atom. The highest BCUT2D eigenvalue weighted by molar-refractivity contribution is 5.91. The van der Waals surface area contributed by atoms with Crippen LogP contribution in [0.2, 0.25) is 0 Å². The van der Waals surface area contributed by atoms with Gasteiger partial charge in [-0.3, -0.25) is 4.79 Å². The first-order valence-corrected chi connectivity index (χ1v) is 6.75. The standard InChI is InChI=1S/C15H19NO2/c17-11-13-7-4-10-16(13)14(18)15(8-9-15)12-5-2-1-3-6-12/h1-3,5-6,13,17H,4,7-11H2/t13-/m1/s1. The summed E-state index contributed by atoms with van der Waals surface area (Å²) in [6.07, 6.45) is 3.85. The molecule has 0 spiro atoms. The second-order valence-electron chi connectivity index (χ2n) is 5.43. The number of carbonyl (C=O) groups excluding carboxylic acids is 1. The normalized spacial score (nSPS) is 25.2. The highest BCUT2D eigenvalue weighted by Crippen LogP contribution is 2.50. The second-order valence-corrected chi connectivity index (χ2v) is 5.43. The Morgan fingerprint density at radius 2 is 2.06 bits per heavy atom. The molecule has 1 aromatic carbocycles. The Morgan fingerprint density at radius 3 is 2.67 bits per heavy atom. The fourth-order valence-electron chi connectivity index (χ4n) is 3.08. The van der Waals surface area contributed by atoms with Gasteiger partial charge in [0, 0.05) is 6.54 Å². The summed E-state index contributed by atoms with van der Waals surface area (Å²) in [6, 6.07) is 10.1. The summed E-state index contributed by atoms with van der Waals surface area (Å²) in [7, 11) is 0. The van der Waals surface area contributed by atoms with Crippen LogP contribution in [0.5, 0.6) is 0 Å². The van der Waals surface area contributed by atoms with Crippen molar-refractivity contribution < 1.29 is 9.90 Å². The number of carbonyl (C=O) groups is 1. The molecule has 1 amide bonds. The highest BCUT2D eigenvalue weighted by Gasteiger charge is 2.54. The van der Waals surface area contributed by atoms with Crippen molar-refractivity contribution in [3.05, 3.63) is 35.9 Å². The third kappa shape index (κ3) is 1.74.